The molecule has 1 N–H and O–H groups in total. The maximum atomic E-state index is 11.4. The second kappa shape index (κ2) is 6.30. The van der Waals surface area contributed by atoms with Crippen LogP contribution in [0.1, 0.15) is 12.5 Å². The highest BCUT2D eigenvalue weighted by atomic mass is 79.9. The summed E-state index contributed by atoms with van der Waals surface area (Å²) in [6.07, 6.45) is 0. The van der Waals surface area contributed by atoms with Crippen molar-refractivity contribution >= 4 is 27.7 Å². The van der Waals surface area contributed by atoms with E-state index in [4.69, 9.17) is 9.47 Å². The lowest BCUT2D eigenvalue weighted by Crippen LogP contribution is -2.05. The van der Waals surface area contributed by atoms with Gasteiger partial charge in [-0.3, -0.25) is 0 Å². The Labute approximate surface area is 108 Å². The highest BCUT2D eigenvalue weighted by Gasteiger charge is 2.14. The topological polar surface area (TPSA) is 55.8 Å². The van der Waals surface area contributed by atoms with E-state index in [0.29, 0.717) is 11.3 Å². The van der Waals surface area contributed by atoms with Crippen molar-refractivity contribution in [2.75, 3.05) is 13.7 Å². The third kappa shape index (κ3) is 3.49. The van der Waals surface area contributed by atoms with E-state index >= 15 is 0 Å². The lowest BCUT2D eigenvalue weighted by Gasteiger charge is -2.05. The van der Waals surface area contributed by atoms with Gasteiger partial charge >= 0.3 is 5.97 Å². The number of carbonyl (C=O) groups excluding carboxylic acids is 1. The summed E-state index contributed by atoms with van der Waals surface area (Å²) in [6, 6.07) is 6.68. The first-order valence-electron chi connectivity index (χ1n) is 5.00. The highest BCUT2D eigenvalue weighted by Crippen LogP contribution is 2.23. The van der Waals surface area contributed by atoms with E-state index in [1.165, 1.54) is 0 Å². The molecule has 1 aromatic rings. The number of methoxy groups -OCH3 is 1. The van der Waals surface area contributed by atoms with Gasteiger partial charge in [0.1, 0.15) is 16.0 Å². The van der Waals surface area contributed by atoms with E-state index in [2.05, 4.69) is 15.9 Å². The van der Waals surface area contributed by atoms with Crippen molar-refractivity contribution in [1.82, 2.24) is 0 Å². The monoisotopic (exact) mass is 300 g/mol. The Bertz CT molecular complexity index is 423. The summed E-state index contributed by atoms with van der Waals surface area (Å²) >= 11 is 3.01. The van der Waals surface area contributed by atoms with Crippen LogP contribution in [0.15, 0.2) is 28.7 Å². The van der Waals surface area contributed by atoms with Crippen molar-refractivity contribution in [3.63, 3.8) is 0 Å². The standard InChI is InChI=1S/C12H13BrO4/c1-3-17-12(15)10(13)11(14)8-4-6-9(16-2)7-5-8/h4-7,14H,3H2,1-2H3. The van der Waals surface area contributed by atoms with E-state index in [1.807, 2.05) is 0 Å². The summed E-state index contributed by atoms with van der Waals surface area (Å²) in [5, 5.41) is 9.84. The molecular weight excluding hydrogens is 288 g/mol. The molecule has 0 aromatic heterocycles. The molecule has 92 valence electrons. The third-order valence-electron chi connectivity index (χ3n) is 2.03. The largest absolute Gasteiger partial charge is 0.506 e. The van der Waals surface area contributed by atoms with E-state index < -0.39 is 5.97 Å². The number of esters is 1. The molecule has 0 amide bonds. The molecule has 0 unspecified atom stereocenters. The lowest BCUT2D eigenvalue weighted by molar-refractivity contribution is -0.137. The summed E-state index contributed by atoms with van der Waals surface area (Å²) in [6.45, 7) is 1.95. The van der Waals surface area contributed by atoms with Gasteiger partial charge in [0, 0.05) is 5.56 Å². The zero-order valence-corrected chi connectivity index (χ0v) is 11.2. The number of ether oxygens (including phenoxy) is 2. The molecule has 0 saturated heterocycles. The number of hydrogen-bond donors (Lipinski definition) is 1. The van der Waals surface area contributed by atoms with Gasteiger partial charge in [-0.2, -0.15) is 0 Å². The Morgan fingerprint density at radius 3 is 2.41 bits per heavy atom. The molecule has 0 heterocycles. The SMILES string of the molecule is CCOC(=O)C(Br)=C(O)c1ccc(OC)cc1. The molecular formula is C12H13BrO4. The number of aliphatic hydroxyl groups excluding tert-OH is 1. The van der Waals surface area contributed by atoms with Crippen LogP contribution >= 0.6 is 15.9 Å². The van der Waals surface area contributed by atoms with Crippen LogP contribution in [0.2, 0.25) is 0 Å². The first-order valence-corrected chi connectivity index (χ1v) is 5.79. The molecule has 0 aliphatic rings. The van der Waals surface area contributed by atoms with Gasteiger partial charge in [-0.1, -0.05) is 0 Å². The van der Waals surface area contributed by atoms with Crippen molar-refractivity contribution in [3.8, 4) is 5.75 Å². The fourth-order valence-corrected chi connectivity index (χ4v) is 1.51. The molecule has 0 bridgehead atoms. The van der Waals surface area contributed by atoms with Crippen LogP contribution in [-0.2, 0) is 9.53 Å². The average Bonchev–Trinajstić information content (AvgIpc) is 2.37. The van der Waals surface area contributed by atoms with Gasteiger partial charge in [0.25, 0.3) is 0 Å². The van der Waals surface area contributed by atoms with Crippen molar-refractivity contribution < 1.29 is 19.4 Å². The highest BCUT2D eigenvalue weighted by molar-refractivity contribution is 9.12. The Hall–Kier alpha value is -1.49. The predicted molar refractivity (Wildman–Crippen MR) is 68.1 cm³/mol. The van der Waals surface area contributed by atoms with Crippen LogP contribution < -0.4 is 4.74 Å². The van der Waals surface area contributed by atoms with Crippen LogP contribution in [0.5, 0.6) is 5.75 Å². The number of aliphatic hydroxyl groups is 1. The Balaban J connectivity index is 2.97. The molecule has 0 spiro atoms. The smallest absolute Gasteiger partial charge is 0.349 e. The molecule has 4 nitrogen and oxygen atoms in total. The van der Waals surface area contributed by atoms with Crippen molar-refractivity contribution in [1.29, 1.82) is 0 Å². The predicted octanol–water partition coefficient (Wildman–Crippen LogP) is 2.88. The Morgan fingerprint density at radius 1 is 1.35 bits per heavy atom. The zero-order chi connectivity index (χ0) is 12.8. The summed E-state index contributed by atoms with van der Waals surface area (Å²) < 4.78 is 9.76. The molecule has 1 aromatic carbocycles. The molecule has 1 rings (SSSR count). The van der Waals surface area contributed by atoms with E-state index in [9.17, 15) is 9.90 Å². The molecule has 0 radical (unpaired) electrons. The van der Waals surface area contributed by atoms with Crippen LogP contribution in [0.3, 0.4) is 0 Å². The maximum Gasteiger partial charge on any atom is 0.349 e. The second-order valence-electron chi connectivity index (χ2n) is 3.11. The molecule has 0 fully saturated rings. The molecule has 17 heavy (non-hydrogen) atoms. The summed E-state index contributed by atoms with van der Waals surface area (Å²) in [5.41, 5.74) is 0.505. The lowest BCUT2D eigenvalue weighted by atomic mass is 10.2. The summed E-state index contributed by atoms with van der Waals surface area (Å²) in [4.78, 5) is 11.4. The Morgan fingerprint density at radius 2 is 1.94 bits per heavy atom. The fourth-order valence-electron chi connectivity index (χ4n) is 1.17. The minimum atomic E-state index is -0.596. The number of benzene rings is 1. The second-order valence-corrected chi connectivity index (χ2v) is 3.90. The first-order chi connectivity index (χ1) is 8.10. The van der Waals surface area contributed by atoms with Crippen LogP contribution in [-0.4, -0.2) is 24.8 Å². The molecule has 5 heteroatoms. The van der Waals surface area contributed by atoms with Crippen LogP contribution in [0.4, 0.5) is 0 Å². The van der Waals surface area contributed by atoms with E-state index in [-0.39, 0.29) is 16.8 Å². The van der Waals surface area contributed by atoms with Gasteiger partial charge in [-0.25, -0.2) is 4.79 Å². The van der Waals surface area contributed by atoms with Gasteiger partial charge in [0.2, 0.25) is 0 Å². The van der Waals surface area contributed by atoms with Gasteiger partial charge in [-0.15, -0.1) is 0 Å². The molecule has 0 atom stereocenters. The third-order valence-corrected chi connectivity index (χ3v) is 2.73. The Kier molecular flexibility index (Phi) is 5.03. The van der Waals surface area contributed by atoms with Crippen molar-refractivity contribution in [2.45, 2.75) is 6.92 Å². The van der Waals surface area contributed by atoms with Gasteiger partial charge in [-0.05, 0) is 47.1 Å². The molecule has 0 aliphatic heterocycles. The quantitative estimate of drug-likeness (QED) is 0.528. The molecule has 0 aliphatic carbocycles. The van der Waals surface area contributed by atoms with E-state index in [1.54, 1.807) is 38.3 Å². The van der Waals surface area contributed by atoms with Crippen LogP contribution in [0, 0.1) is 0 Å². The van der Waals surface area contributed by atoms with Crippen LogP contribution in [0.25, 0.3) is 5.76 Å². The summed E-state index contributed by atoms with van der Waals surface area (Å²) in [7, 11) is 1.55. The van der Waals surface area contributed by atoms with Crippen molar-refractivity contribution in [3.05, 3.63) is 34.3 Å². The van der Waals surface area contributed by atoms with Gasteiger partial charge in [0.15, 0.2) is 0 Å². The van der Waals surface area contributed by atoms with Crippen molar-refractivity contribution in [2.24, 2.45) is 0 Å². The molecule has 0 saturated carbocycles. The minimum absolute atomic E-state index is 0.00418. The minimum Gasteiger partial charge on any atom is -0.506 e. The number of hydrogen-bond acceptors (Lipinski definition) is 4. The normalized spacial score (nSPS) is 11.7. The number of rotatable bonds is 4. The number of carbonyl (C=O) groups is 1. The number of halogens is 1. The average molecular weight is 301 g/mol. The zero-order valence-electron chi connectivity index (χ0n) is 9.57. The maximum absolute atomic E-state index is 11.4. The van der Waals surface area contributed by atoms with Gasteiger partial charge < -0.3 is 14.6 Å². The fraction of sp³-hybridized carbons (Fsp3) is 0.250. The first kappa shape index (κ1) is 13.6. The summed E-state index contributed by atoms with van der Waals surface area (Å²) in [5.74, 6) is -0.0827. The van der Waals surface area contributed by atoms with Gasteiger partial charge in [0.05, 0.1) is 13.7 Å². The van der Waals surface area contributed by atoms with E-state index in [0.717, 1.165) is 0 Å².